The number of rotatable bonds is 4. The fourth-order valence-electron chi connectivity index (χ4n) is 3.01. The Morgan fingerprint density at radius 1 is 1.24 bits per heavy atom. The van der Waals surface area contributed by atoms with Crippen molar-refractivity contribution >= 4 is 29.3 Å². The highest BCUT2D eigenvalue weighted by molar-refractivity contribution is 6.24. The molecule has 1 aromatic carbocycles. The molecule has 1 aliphatic heterocycles. The number of esters is 1. The van der Waals surface area contributed by atoms with Crippen molar-refractivity contribution in [2.75, 3.05) is 6.54 Å². The third-order valence-corrected chi connectivity index (χ3v) is 4.23. The Labute approximate surface area is 141 Å². The summed E-state index contributed by atoms with van der Waals surface area (Å²) in [6, 6.07) is 3.70. The summed E-state index contributed by atoms with van der Waals surface area (Å²) in [6.45, 7) is -0.687. The molecule has 3 rings (SSSR count). The number of hydrogen-bond acceptors (Lipinski definition) is 7. The van der Waals surface area contributed by atoms with E-state index in [0.717, 1.165) is 18.9 Å². The first-order chi connectivity index (χ1) is 11.9. The number of benzene rings is 1. The van der Waals surface area contributed by atoms with E-state index in [4.69, 9.17) is 4.74 Å². The summed E-state index contributed by atoms with van der Waals surface area (Å²) in [5.74, 6) is -2.79. The molecule has 1 aliphatic carbocycles. The summed E-state index contributed by atoms with van der Waals surface area (Å²) in [7, 11) is 0. The Balaban J connectivity index is 1.76. The van der Waals surface area contributed by atoms with Crippen molar-refractivity contribution in [1.29, 1.82) is 0 Å². The molecular weight excluding hydrogens is 332 g/mol. The minimum Gasteiger partial charge on any atom is -0.453 e. The maximum atomic E-state index is 12.4. The van der Waals surface area contributed by atoms with E-state index in [2.05, 4.69) is 0 Å². The molecule has 0 radical (unpaired) electrons. The Morgan fingerprint density at radius 2 is 2.00 bits per heavy atom. The van der Waals surface area contributed by atoms with E-state index in [9.17, 15) is 29.3 Å². The number of fused-ring (bicyclic) bond motifs is 1. The maximum Gasteiger partial charge on any atom is 0.326 e. The van der Waals surface area contributed by atoms with Gasteiger partial charge in [-0.25, -0.2) is 0 Å². The van der Waals surface area contributed by atoms with Crippen molar-refractivity contribution in [2.45, 2.75) is 31.8 Å². The quantitative estimate of drug-likeness (QED) is 0.348. The van der Waals surface area contributed by atoms with Crippen LogP contribution in [0.3, 0.4) is 0 Å². The molecular formula is C16H14N2O7. The summed E-state index contributed by atoms with van der Waals surface area (Å²) in [6.07, 6.45) is 1.39. The van der Waals surface area contributed by atoms with Crippen LogP contribution in [0.2, 0.25) is 0 Å². The highest BCUT2D eigenvalue weighted by Crippen LogP contribution is 2.30. The van der Waals surface area contributed by atoms with E-state index in [1.807, 2.05) is 0 Å². The van der Waals surface area contributed by atoms with Crippen LogP contribution in [0.4, 0.5) is 5.69 Å². The van der Waals surface area contributed by atoms with Crippen LogP contribution in [0.1, 0.15) is 46.4 Å². The van der Waals surface area contributed by atoms with E-state index in [0.29, 0.717) is 17.7 Å². The smallest absolute Gasteiger partial charge is 0.326 e. The molecule has 2 amide bonds. The minimum atomic E-state index is -0.917. The van der Waals surface area contributed by atoms with Crippen LogP contribution >= 0.6 is 0 Å². The third kappa shape index (κ3) is 3.00. The first kappa shape index (κ1) is 16.7. The first-order valence-corrected chi connectivity index (χ1v) is 7.76. The number of nitrogens with zero attached hydrogens (tertiary/aromatic N) is 2. The van der Waals surface area contributed by atoms with Gasteiger partial charge in [-0.3, -0.25) is 34.2 Å². The molecule has 0 bridgehead atoms. The minimum absolute atomic E-state index is 0.124. The molecule has 25 heavy (non-hydrogen) atoms. The molecule has 1 unspecified atom stereocenters. The van der Waals surface area contributed by atoms with Gasteiger partial charge in [0.15, 0.2) is 11.9 Å². The molecule has 1 fully saturated rings. The number of ether oxygens (including phenoxy) is 1. The lowest BCUT2D eigenvalue weighted by molar-refractivity contribution is -0.385. The summed E-state index contributed by atoms with van der Waals surface area (Å²) >= 11 is 0. The largest absolute Gasteiger partial charge is 0.453 e. The number of nitro groups is 1. The molecule has 0 N–H and O–H groups in total. The molecule has 1 aromatic rings. The summed E-state index contributed by atoms with van der Waals surface area (Å²) in [5, 5.41) is 11.0. The second kappa shape index (κ2) is 6.42. The molecule has 0 saturated heterocycles. The van der Waals surface area contributed by atoms with Gasteiger partial charge in [0, 0.05) is 12.5 Å². The molecule has 1 atom stereocenters. The highest BCUT2D eigenvalue weighted by atomic mass is 16.6. The summed E-state index contributed by atoms with van der Waals surface area (Å²) in [5.41, 5.74) is -0.950. The number of Topliss-reactive ketones (excluding diaryl/α,β-unsaturated/α-hetero) is 1. The van der Waals surface area contributed by atoms with E-state index >= 15 is 0 Å². The van der Waals surface area contributed by atoms with Crippen molar-refractivity contribution in [3.8, 4) is 0 Å². The maximum absolute atomic E-state index is 12.4. The number of carbonyl (C=O) groups is 4. The van der Waals surface area contributed by atoms with Crippen molar-refractivity contribution in [3.63, 3.8) is 0 Å². The Hall–Kier alpha value is -3.10. The van der Waals surface area contributed by atoms with E-state index < -0.39 is 41.0 Å². The zero-order valence-electron chi connectivity index (χ0n) is 13.1. The molecule has 1 heterocycles. The second-order valence-electron chi connectivity index (χ2n) is 5.84. The SMILES string of the molecule is O=C(CN1C(=O)c2cccc([N+](=O)[O-])c2C1=O)OC1CCCCC1=O. The van der Waals surface area contributed by atoms with Crippen molar-refractivity contribution in [3.05, 3.63) is 39.4 Å². The van der Waals surface area contributed by atoms with Crippen molar-refractivity contribution in [1.82, 2.24) is 4.90 Å². The lowest BCUT2D eigenvalue weighted by atomic mass is 9.96. The molecule has 0 spiro atoms. The van der Waals surface area contributed by atoms with Crippen molar-refractivity contribution < 1.29 is 28.8 Å². The topological polar surface area (TPSA) is 124 Å². The third-order valence-electron chi connectivity index (χ3n) is 4.23. The lowest BCUT2D eigenvalue weighted by Gasteiger charge is -2.21. The predicted octanol–water partition coefficient (Wildman–Crippen LogP) is 1.25. The van der Waals surface area contributed by atoms with Gasteiger partial charge < -0.3 is 4.74 Å². The van der Waals surface area contributed by atoms with Gasteiger partial charge >= 0.3 is 5.97 Å². The fraction of sp³-hybridized carbons (Fsp3) is 0.375. The van der Waals surface area contributed by atoms with Crippen LogP contribution in [-0.4, -0.2) is 46.0 Å². The Bertz CT molecular complexity index is 802. The van der Waals surface area contributed by atoms with Crippen LogP contribution in [0.15, 0.2) is 18.2 Å². The number of ketones is 1. The average molecular weight is 346 g/mol. The standard InChI is InChI=1S/C16H14N2O7/c19-11-6-1-2-7-12(11)25-13(20)8-17-15(21)9-4-3-5-10(18(23)24)14(9)16(17)22/h3-5,12H,1-2,6-8H2. The zero-order valence-corrected chi connectivity index (χ0v) is 13.1. The van der Waals surface area contributed by atoms with E-state index in [1.165, 1.54) is 12.1 Å². The Kier molecular flexibility index (Phi) is 4.30. The molecule has 130 valence electrons. The normalized spacial score (nSPS) is 19.8. The number of hydrogen-bond donors (Lipinski definition) is 0. The number of amides is 2. The monoisotopic (exact) mass is 346 g/mol. The summed E-state index contributed by atoms with van der Waals surface area (Å²) < 4.78 is 5.07. The zero-order chi connectivity index (χ0) is 18.1. The fourth-order valence-corrected chi connectivity index (χ4v) is 3.01. The lowest BCUT2D eigenvalue weighted by Crippen LogP contribution is -2.39. The van der Waals surface area contributed by atoms with Gasteiger partial charge in [0.2, 0.25) is 0 Å². The van der Waals surface area contributed by atoms with E-state index in [-0.39, 0.29) is 16.9 Å². The van der Waals surface area contributed by atoms with Crippen LogP contribution < -0.4 is 0 Å². The first-order valence-electron chi connectivity index (χ1n) is 7.76. The number of imide groups is 1. The average Bonchev–Trinajstić information content (AvgIpc) is 2.82. The molecule has 2 aliphatic rings. The molecule has 9 heteroatoms. The molecule has 9 nitrogen and oxygen atoms in total. The van der Waals surface area contributed by atoms with Gasteiger partial charge in [-0.2, -0.15) is 0 Å². The van der Waals surface area contributed by atoms with Crippen LogP contribution in [0, 0.1) is 10.1 Å². The number of nitro benzene ring substituents is 1. The van der Waals surface area contributed by atoms with Crippen molar-refractivity contribution in [2.24, 2.45) is 0 Å². The summed E-state index contributed by atoms with van der Waals surface area (Å²) in [4.78, 5) is 59.2. The Morgan fingerprint density at radius 3 is 2.68 bits per heavy atom. The van der Waals surface area contributed by atoms with Crippen LogP contribution in [0.25, 0.3) is 0 Å². The predicted molar refractivity (Wildman–Crippen MR) is 81.8 cm³/mol. The van der Waals surface area contributed by atoms with Gasteiger partial charge in [-0.1, -0.05) is 6.07 Å². The van der Waals surface area contributed by atoms with Gasteiger partial charge in [0.25, 0.3) is 17.5 Å². The van der Waals surface area contributed by atoms with Gasteiger partial charge in [-0.05, 0) is 25.3 Å². The van der Waals surface area contributed by atoms with E-state index in [1.54, 1.807) is 0 Å². The van der Waals surface area contributed by atoms with Crippen LogP contribution in [0.5, 0.6) is 0 Å². The number of carbonyl (C=O) groups excluding carboxylic acids is 4. The molecule has 1 saturated carbocycles. The molecule has 0 aromatic heterocycles. The van der Waals surface area contributed by atoms with Gasteiger partial charge in [0.1, 0.15) is 12.1 Å². The van der Waals surface area contributed by atoms with Gasteiger partial charge in [-0.15, -0.1) is 0 Å². The second-order valence-corrected chi connectivity index (χ2v) is 5.84. The van der Waals surface area contributed by atoms with Crippen LogP contribution in [-0.2, 0) is 14.3 Å². The van der Waals surface area contributed by atoms with Gasteiger partial charge in [0.05, 0.1) is 10.5 Å². The highest BCUT2D eigenvalue weighted by Gasteiger charge is 2.42.